The Labute approximate surface area is 141 Å². The molecule has 1 unspecified atom stereocenters. The molecule has 0 aromatic heterocycles. The minimum atomic E-state index is -3.48. The number of hydrogen-bond acceptors (Lipinski definition) is 6. The van der Waals surface area contributed by atoms with Gasteiger partial charge in [0.15, 0.2) is 6.04 Å². The van der Waals surface area contributed by atoms with Crippen LogP contribution in [0.1, 0.15) is 33.6 Å². The van der Waals surface area contributed by atoms with E-state index in [0.29, 0.717) is 0 Å². The molecule has 0 aliphatic carbocycles. The Morgan fingerprint density at radius 3 is 2.08 bits per heavy atom. The quantitative estimate of drug-likeness (QED) is 0.350. The summed E-state index contributed by atoms with van der Waals surface area (Å²) in [4.78, 5) is 46.0. The molecule has 0 saturated carbocycles. The lowest BCUT2D eigenvalue weighted by Crippen LogP contribution is -2.69. The number of quaternary nitrogens is 1. The van der Waals surface area contributed by atoms with Crippen molar-refractivity contribution in [3.8, 4) is 0 Å². The van der Waals surface area contributed by atoms with Crippen molar-refractivity contribution in [2.45, 2.75) is 51.7 Å². The van der Waals surface area contributed by atoms with E-state index in [1.165, 1.54) is 6.92 Å². The van der Waals surface area contributed by atoms with Crippen LogP contribution < -0.4 is 26.4 Å². The third-order valence-electron chi connectivity index (χ3n) is 3.31. The molecule has 0 bridgehead atoms. The van der Waals surface area contributed by atoms with Gasteiger partial charge >= 0.3 is 0 Å². The van der Waals surface area contributed by atoms with Gasteiger partial charge in [-0.1, -0.05) is 13.8 Å². The molecule has 0 aromatic rings. The van der Waals surface area contributed by atoms with Crippen molar-refractivity contribution in [2.24, 2.45) is 5.92 Å². The SMILES string of the molecule is CC(C)C[C@H](NC(=O)[C@H](C)NC(=O)[C@@H]([NH3+])CCP(C)(=O)[O-])C(=O)[O-]. The van der Waals surface area contributed by atoms with Gasteiger partial charge in [-0.3, -0.25) is 9.59 Å². The molecule has 0 fully saturated rings. The van der Waals surface area contributed by atoms with Crippen molar-refractivity contribution < 1.29 is 34.7 Å². The fraction of sp³-hybridized carbons (Fsp3) is 0.786. The maximum Gasteiger partial charge on any atom is 0.278 e. The minimum absolute atomic E-state index is 0.0409. The van der Waals surface area contributed by atoms with E-state index in [0.717, 1.165) is 6.66 Å². The van der Waals surface area contributed by atoms with Crippen molar-refractivity contribution >= 4 is 25.2 Å². The lowest BCUT2D eigenvalue weighted by atomic mass is 10.0. The standard InChI is InChI=1S/C14H28N3O6P/c1-8(2)7-11(14(20)21)17-12(18)9(3)16-13(19)10(15)5-6-24(4,22)23/h8-11H,5-7,15H2,1-4H3,(H,16,19)(H,17,18)(H,20,21)(H,22,23)/p-1/t9-,10-,11-/m0/s1. The number of hydrogen-bond donors (Lipinski definition) is 3. The highest BCUT2D eigenvalue weighted by Gasteiger charge is 2.24. The minimum Gasteiger partial charge on any atom is -0.799 e. The van der Waals surface area contributed by atoms with Crippen LogP contribution in [0.4, 0.5) is 0 Å². The topological polar surface area (TPSA) is 166 Å². The van der Waals surface area contributed by atoms with E-state index in [4.69, 9.17) is 0 Å². The predicted molar refractivity (Wildman–Crippen MR) is 83.7 cm³/mol. The van der Waals surface area contributed by atoms with Crippen LogP contribution in [-0.4, -0.2) is 48.7 Å². The Morgan fingerprint density at radius 1 is 1.12 bits per heavy atom. The number of carbonyl (C=O) groups is 3. The molecule has 0 spiro atoms. The molecular weight excluding hydrogens is 337 g/mol. The first-order valence-corrected chi connectivity index (χ1v) is 10.0. The highest BCUT2D eigenvalue weighted by atomic mass is 31.2. The largest absolute Gasteiger partial charge is 0.799 e. The second kappa shape index (κ2) is 9.76. The van der Waals surface area contributed by atoms with Crippen LogP contribution in [0.2, 0.25) is 0 Å². The molecule has 0 radical (unpaired) electrons. The first kappa shape index (κ1) is 22.6. The van der Waals surface area contributed by atoms with Gasteiger partial charge in [0.25, 0.3) is 5.91 Å². The zero-order valence-electron chi connectivity index (χ0n) is 14.5. The average Bonchev–Trinajstić information content (AvgIpc) is 2.42. The van der Waals surface area contributed by atoms with Crippen LogP contribution >= 0.6 is 7.37 Å². The third kappa shape index (κ3) is 9.64. The molecule has 10 heteroatoms. The summed E-state index contributed by atoms with van der Waals surface area (Å²) in [5.74, 6) is -2.57. The average molecular weight is 364 g/mol. The number of amides is 2. The van der Waals surface area contributed by atoms with Crippen LogP contribution in [0.25, 0.3) is 0 Å². The summed E-state index contributed by atoms with van der Waals surface area (Å²) in [5.41, 5.74) is 3.57. The highest BCUT2D eigenvalue weighted by Crippen LogP contribution is 2.30. The second-order valence-electron chi connectivity index (χ2n) is 6.46. The molecule has 24 heavy (non-hydrogen) atoms. The van der Waals surface area contributed by atoms with Gasteiger partial charge < -0.3 is 35.7 Å². The van der Waals surface area contributed by atoms with Crippen LogP contribution in [0, 0.1) is 5.92 Å². The van der Waals surface area contributed by atoms with E-state index in [2.05, 4.69) is 16.4 Å². The van der Waals surface area contributed by atoms with Gasteiger partial charge in [0.1, 0.15) is 6.04 Å². The summed E-state index contributed by atoms with van der Waals surface area (Å²) in [6, 6.07) is -2.94. The van der Waals surface area contributed by atoms with Crippen LogP contribution in [0.15, 0.2) is 0 Å². The summed E-state index contributed by atoms with van der Waals surface area (Å²) in [7, 11) is -3.48. The summed E-state index contributed by atoms with van der Waals surface area (Å²) >= 11 is 0. The smallest absolute Gasteiger partial charge is 0.278 e. The zero-order valence-corrected chi connectivity index (χ0v) is 15.4. The first-order chi connectivity index (χ1) is 10.8. The van der Waals surface area contributed by atoms with Crippen LogP contribution in [-0.2, 0) is 18.9 Å². The monoisotopic (exact) mass is 364 g/mol. The summed E-state index contributed by atoms with van der Waals surface area (Å²) < 4.78 is 11.1. The number of carboxylic acids is 1. The van der Waals surface area contributed by atoms with E-state index in [1.54, 1.807) is 0 Å². The lowest BCUT2D eigenvalue weighted by Gasteiger charge is -2.24. The molecular formula is C14H27N3O6P-. The van der Waals surface area contributed by atoms with Crippen LogP contribution in [0.3, 0.4) is 0 Å². The molecule has 0 saturated heterocycles. The molecule has 140 valence electrons. The highest BCUT2D eigenvalue weighted by molar-refractivity contribution is 7.55. The maximum atomic E-state index is 12.0. The van der Waals surface area contributed by atoms with E-state index >= 15 is 0 Å². The number of carbonyl (C=O) groups excluding carboxylic acids is 3. The van der Waals surface area contributed by atoms with Gasteiger partial charge in [-0.2, -0.15) is 0 Å². The Kier molecular flexibility index (Phi) is 9.17. The van der Waals surface area contributed by atoms with Gasteiger partial charge in [-0.05, 0) is 32.1 Å². The molecule has 0 aliphatic rings. The third-order valence-corrected chi connectivity index (χ3v) is 4.39. The number of nitrogens with one attached hydrogen (secondary N) is 2. The molecule has 0 aliphatic heterocycles. The van der Waals surface area contributed by atoms with Crippen molar-refractivity contribution in [1.82, 2.24) is 10.6 Å². The predicted octanol–water partition coefficient (Wildman–Crippen LogP) is -2.96. The molecule has 9 nitrogen and oxygen atoms in total. The van der Waals surface area contributed by atoms with Crippen molar-refractivity contribution in [1.29, 1.82) is 0 Å². The Balaban J connectivity index is 4.54. The fourth-order valence-electron chi connectivity index (χ4n) is 1.90. The summed E-state index contributed by atoms with van der Waals surface area (Å²) in [6.07, 6.45) is 0.102. The molecule has 0 rings (SSSR count). The molecule has 5 N–H and O–H groups in total. The Morgan fingerprint density at radius 2 is 1.67 bits per heavy atom. The lowest BCUT2D eigenvalue weighted by molar-refractivity contribution is -0.404. The van der Waals surface area contributed by atoms with Crippen molar-refractivity contribution in [2.75, 3.05) is 12.8 Å². The van der Waals surface area contributed by atoms with Gasteiger partial charge in [-0.25, -0.2) is 0 Å². The molecule has 4 atom stereocenters. The zero-order chi connectivity index (χ0) is 19.1. The van der Waals surface area contributed by atoms with Gasteiger partial charge in [0, 0.05) is 13.8 Å². The van der Waals surface area contributed by atoms with Crippen LogP contribution in [0.5, 0.6) is 0 Å². The van der Waals surface area contributed by atoms with Gasteiger partial charge in [0.05, 0.1) is 12.0 Å². The number of aliphatic carboxylic acids is 1. The number of carboxylic acid groups (broad SMARTS) is 1. The maximum absolute atomic E-state index is 12.0. The van der Waals surface area contributed by atoms with Crippen molar-refractivity contribution in [3.05, 3.63) is 0 Å². The Hall–Kier alpha value is -1.44. The normalized spacial score (nSPS) is 17.5. The van der Waals surface area contributed by atoms with Gasteiger partial charge in [0.2, 0.25) is 5.91 Å². The van der Waals surface area contributed by atoms with E-state index < -0.39 is 43.3 Å². The first-order valence-electron chi connectivity index (χ1n) is 7.75. The van der Waals surface area contributed by atoms with E-state index in [9.17, 15) is 28.9 Å². The van der Waals surface area contributed by atoms with Crippen molar-refractivity contribution in [3.63, 3.8) is 0 Å². The Bertz CT molecular complexity index is 505. The molecule has 2 amide bonds. The fourth-order valence-corrected chi connectivity index (χ4v) is 2.68. The van der Waals surface area contributed by atoms with E-state index in [-0.39, 0.29) is 24.9 Å². The second-order valence-corrected chi connectivity index (χ2v) is 8.94. The summed E-state index contributed by atoms with van der Waals surface area (Å²) in [6.45, 7) is 6.11. The summed E-state index contributed by atoms with van der Waals surface area (Å²) in [5, 5.41) is 15.7. The molecule has 0 aromatic carbocycles. The molecule has 0 heterocycles. The van der Waals surface area contributed by atoms with Gasteiger partial charge in [-0.15, -0.1) is 0 Å². The number of rotatable bonds is 10. The van der Waals surface area contributed by atoms with E-state index in [1.807, 2.05) is 13.8 Å².